The van der Waals surface area contributed by atoms with Gasteiger partial charge in [0.05, 0.1) is 6.04 Å². The molecule has 0 aromatic heterocycles. The number of carbonyl (C=O) groups excluding carboxylic acids is 3. The maximum atomic E-state index is 13.7. The lowest BCUT2D eigenvalue weighted by Gasteiger charge is -2.30. The lowest BCUT2D eigenvalue weighted by molar-refractivity contribution is -0.141. The van der Waals surface area contributed by atoms with Gasteiger partial charge < -0.3 is 26.6 Å². The summed E-state index contributed by atoms with van der Waals surface area (Å²) in [6.07, 6.45) is 15.7. The van der Waals surface area contributed by atoms with Crippen LogP contribution in [0.2, 0.25) is 0 Å². The van der Waals surface area contributed by atoms with Crippen LogP contribution in [0.15, 0.2) is 70.7 Å². The van der Waals surface area contributed by atoms with E-state index in [4.69, 9.17) is 11.1 Å². The molecule has 1 aromatic carbocycles. The number of carbonyl (C=O) groups is 3. The van der Waals surface area contributed by atoms with E-state index in [0.29, 0.717) is 18.7 Å². The third-order valence-electron chi connectivity index (χ3n) is 8.72. The van der Waals surface area contributed by atoms with E-state index >= 15 is 0 Å². The molecule has 1 saturated carbocycles. The van der Waals surface area contributed by atoms with Crippen molar-refractivity contribution in [3.8, 4) is 0 Å². The summed E-state index contributed by atoms with van der Waals surface area (Å²) in [5.41, 5.74) is 9.45. The fraction of sp³-hybridized carbons (Fsp3) is 0.455. The maximum absolute atomic E-state index is 13.7. The molecule has 6 N–H and O–H groups in total. The van der Waals surface area contributed by atoms with E-state index in [0.717, 1.165) is 43.2 Å². The van der Waals surface area contributed by atoms with Crippen molar-refractivity contribution < 1.29 is 14.4 Å². The first-order valence-corrected chi connectivity index (χ1v) is 16.0. The molecule has 1 aromatic rings. The van der Waals surface area contributed by atoms with Gasteiger partial charge in [0, 0.05) is 42.3 Å². The van der Waals surface area contributed by atoms with Crippen LogP contribution in [0, 0.1) is 11.3 Å². The molecule has 4 atom stereocenters. The van der Waals surface area contributed by atoms with E-state index in [1.165, 1.54) is 15.4 Å². The monoisotopic (exact) mass is 602 g/mol. The summed E-state index contributed by atoms with van der Waals surface area (Å²) in [5.74, 6) is -0.543. The largest absolute Gasteiger partial charge is 0.384 e. The van der Waals surface area contributed by atoms with Crippen LogP contribution in [0.3, 0.4) is 0 Å². The van der Waals surface area contributed by atoms with Crippen molar-refractivity contribution in [3.63, 3.8) is 0 Å². The Hall–Kier alpha value is -3.63. The number of nitrogens with two attached hydrogens (primary N) is 1. The van der Waals surface area contributed by atoms with Crippen LogP contribution in [0.5, 0.6) is 0 Å². The first-order valence-electron chi connectivity index (χ1n) is 15.1. The minimum absolute atomic E-state index is 0.0348. The molecule has 3 amide bonds. The van der Waals surface area contributed by atoms with Crippen molar-refractivity contribution in [3.05, 3.63) is 81.8 Å². The standard InChI is InChI=1S/C33H42N6O3S/c1-20-31(40)38-26(17-21-11-13-23(14-12-21)30(34)35)32(41)37-19-25-8-4-6-10-28(25)43-27-9-5-3-7-24(27)18-36-29(22-15-16-22)33(42)39(20)2/h4-6,8-9,11-14,20,22,26,28-29,36H,3,7,10,15-19H2,1-2H3,(H3,34,35)(H,37,41)(H,38,40)/t20-,26-,28?,29+/m1/s1. The van der Waals surface area contributed by atoms with Crippen LogP contribution in [0.25, 0.3) is 0 Å². The van der Waals surface area contributed by atoms with Crippen LogP contribution in [-0.2, 0) is 20.8 Å². The highest BCUT2D eigenvalue weighted by atomic mass is 32.2. The van der Waals surface area contributed by atoms with E-state index in [-0.39, 0.29) is 47.2 Å². The Morgan fingerprint density at radius 3 is 2.58 bits per heavy atom. The minimum atomic E-state index is -0.851. The van der Waals surface area contributed by atoms with Crippen LogP contribution >= 0.6 is 11.8 Å². The van der Waals surface area contributed by atoms with Crippen molar-refractivity contribution in [1.29, 1.82) is 5.41 Å². The Morgan fingerprint density at radius 1 is 1.09 bits per heavy atom. The van der Waals surface area contributed by atoms with E-state index < -0.39 is 12.1 Å². The Kier molecular flexibility index (Phi) is 9.87. The van der Waals surface area contributed by atoms with E-state index in [1.54, 1.807) is 26.1 Å². The Morgan fingerprint density at radius 2 is 1.86 bits per heavy atom. The number of benzene rings is 1. The number of amides is 3. The van der Waals surface area contributed by atoms with Gasteiger partial charge in [-0.2, -0.15) is 0 Å². The second-order valence-electron chi connectivity index (χ2n) is 11.8. The number of rotatable bonds is 4. The maximum Gasteiger partial charge on any atom is 0.243 e. The molecule has 0 saturated heterocycles. The molecule has 9 nitrogen and oxygen atoms in total. The van der Waals surface area contributed by atoms with Crippen molar-refractivity contribution in [2.75, 3.05) is 20.1 Å². The topological polar surface area (TPSA) is 140 Å². The predicted molar refractivity (Wildman–Crippen MR) is 171 cm³/mol. The molecule has 4 aliphatic rings. The fourth-order valence-corrected chi connectivity index (χ4v) is 7.01. The molecule has 1 aliphatic heterocycles. The molecular formula is C33H42N6O3S. The summed E-state index contributed by atoms with van der Waals surface area (Å²) in [4.78, 5) is 43.6. The average Bonchev–Trinajstić information content (AvgIpc) is 3.85. The summed E-state index contributed by atoms with van der Waals surface area (Å²) in [6, 6.07) is 5.13. The van der Waals surface area contributed by atoms with Crippen LogP contribution in [0.1, 0.15) is 50.2 Å². The van der Waals surface area contributed by atoms with Gasteiger partial charge in [-0.05, 0) is 61.7 Å². The zero-order chi connectivity index (χ0) is 30.5. The van der Waals surface area contributed by atoms with Crippen LogP contribution in [-0.4, -0.2) is 72.0 Å². The highest BCUT2D eigenvalue weighted by molar-refractivity contribution is 8.04. The lowest BCUT2D eigenvalue weighted by Crippen LogP contribution is -2.56. The first-order chi connectivity index (χ1) is 20.7. The number of likely N-dealkylation sites (N-methyl/N-ethyl adjacent to an activating group) is 1. The molecular weight excluding hydrogens is 560 g/mol. The second-order valence-corrected chi connectivity index (χ2v) is 13.1. The zero-order valence-electron chi connectivity index (χ0n) is 24.9. The van der Waals surface area contributed by atoms with Crippen LogP contribution in [0.4, 0.5) is 0 Å². The number of fused-ring (bicyclic) bond motifs is 1. The van der Waals surface area contributed by atoms with Gasteiger partial charge in [-0.1, -0.05) is 54.6 Å². The van der Waals surface area contributed by atoms with Gasteiger partial charge >= 0.3 is 0 Å². The average molecular weight is 603 g/mol. The molecule has 43 heavy (non-hydrogen) atoms. The fourth-order valence-electron chi connectivity index (χ4n) is 5.66. The zero-order valence-corrected chi connectivity index (χ0v) is 25.7. The molecule has 3 aliphatic carbocycles. The van der Waals surface area contributed by atoms with E-state index in [2.05, 4.69) is 40.3 Å². The quantitative estimate of drug-likeness (QED) is 0.265. The summed E-state index contributed by atoms with van der Waals surface area (Å²) >= 11 is 1.82. The van der Waals surface area contributed by atoms with Crippen molar-refractivity contribution in [1.82, 2.24) is 20.9 Å². The number of allylic oxidation sites excluding steroid dienone is 5. The number of hydrogen-bond donors (Lipinski definition) is 5. The molecule has 5 rings (SSSR count). The molecule has 1 fully saturated rings. The molecule has 0 bridgehead atoms. The Balaban J connectivity index is 1.44. The van der Waals surface area contributed by atoms with E-state index in [1.807, 2.05) is 30.0 Å². The molecule has 0 spiro atoms. The van der Waals surface area contributed by atoms with Gasteiger partial charge in [0.15, 0.2) is 0 Å². The molecule has 1 heterocycles. The molecule has 1 unspecified atom stereocenters. The Labute approximate surface area is 258 Å². The first kappa shape index (κ1) is 30.8. The molecule has 10 heteroatoms. The van der Waals surface area contributed by atoms with Crippen molar-refractivity contribution in [2.45, 2.75) is 68.8 Å². The summed E-state index contributed by atoms with van der Waals surface area (Å²) in [7, 11) is 1.67. The van der Waals surface area contributed by atoms with Crippen molar-refractivity contribution in [2.24, 2.45) is 11.7 Å². The second kappa shape index (κ2) is 13.8. The smallest absolute Gasteiger partial charge is 0.243 e. The predicted octanol–water partition coefficient (Wildman–Crippen LogP) is 2.94. The summed E-state index contributed by atoms with van der Waals surface area (Å²) in [6.45, 7) is 2.71. The minimum Gasteiger partial charge on any atom is -0.384 e. The summed E-state index contributed by atoms with van der Waals surface area (Å²) in [5, 5.41) is 17.4. The highest BCUT2D eigenvalue weighted by Crippen LogP contribution is 2.38. The summed E-state index contributed by atoms with van der Waals surface area (Å²) < 4.78 is 0. The van der Waals surface area contributed by atoms with Gasteiger partial charge in [-0.15, -0.1) is 11.8 Å². The third-order valence-corrected chi connectivity index (χ3v) is 10.2. The number of nitrogens with zero attached hydrogens (tertiary/aromatic N) is 1. The highest BCUT2D eigenvalue weighted by Gasteiger charge is 2.39. The number of hydrogen-bond acceptors (Lipinski definition) is 6. The number of nitrogen functional groups attached to an aromatic ring is 1. The van der Waals surface area contributed by atoms with Gasteiger partial charge in [-0.3, -0.25) is 19.8 Å². The number of amidine groups is 1. The SMILES string of the molecule is C[C@@H]1C(=O)N[C@H](Cc2ccc(C(=N)N)cc2)C(=O)NCC2=CC=CCC2SC2=C(CCC=C2)CN[C@@H](C2CC2)C(=O)N1C. The number of thioether (sulfide) groups is 1. The van der Waals surface area contributed by atoms with E-state index in [9.17, 15) is 14.4 Å². The van der Waals surface area contributed by atoms with Crippen LogP contribution < -0.4 is 21.7 Å². The lowest BCUT2D eigenvalue weighted by atomic mass is 10.0. The van der Waals surface area contributed by atoms with Gasteiger partial charge in [0.25, 0.3) is 0 Å². The molecule has 228 valence electrons. The van der Waals surface area contributed by atoms with Gasteiger partial charge in [0.2, 0.25) is 17.7 Å². The van der Waals surface area contributed by atoms with Crippen molar-refractivity contribution >= 4 is 35.3 Å². The molecule has 0 radical (unpaired) electrons. The third kappa shape index (κ3) is 7.67. The normalized spacial score (nSPS) is 27.4. The number of nitrogens with one attached hydrogen (secondary N) is 4. The van der Waals surface area contributed by atoms with Gasteiger partial charge in [-0.25, -0.2) is 0 Å². The van der Waals surface area contributed by atoms with Gasteiger partial charge in [0.1, 0.15) is 17.9 Å². The Bertz CT molecular complexity index is 1380.